The molecule has 20 heavy (non-hydrogen) atoms. The highest BCUT2D eigenvalue weighted by Gasteiger charge is 2.21. The molecule has 2 rings (SSSR count). The van der Waals surface area contributed by atoms with Gasteiger partial charge in [0.15, 0.2) is 5.69 Å². The van der Waals surface area contributed by atoms with E-state index in [-0.39, 0.29) is 23.7 Å². The zero-order valence-corrected chi connectivity index (χ0v) is 11.4. The Morgan fingerprint density at radius 1 is 1.45 bits per heavy atom. The number of aromatic nitrogens is 4. The molecule has 2 aromatic heterocycles. The maximum Gasteiger partial charge on any atom is 0.358 e. The standard InChI is InChI=1S/C11H12N4O4S/c1-20(18,19)6-5-15-10(8-3-2-4-12-7-8)9(11(16)17)13-14-15/h2-4,7H,5-6H2,1H3,(H,16,17). The van der Waals surface area contributed by atoms with E-state index < -0.39 is 15.8 Å². The minimum atomic E-state index is -3.18. The molecule has 0 unspecified atom stereocenters. The normalized spacial score (nSPS) is 11.4. The van der Waals surface area contributed by atoms with Crippen molar-refractivity contribution in [3.63, 3.8) is 0 Å². The number of hydrogen-bond donors (Lipinski definition) is 1. The highest BCUT2D eigenvalue weighted by Crippen LogP contribution is 2.21. The van der Waals surface area contributed by atoms with E-state index in [1.165, 1.54) is 10.9 Å². The van der Waals surface area contributed by atoms with Gasteiger partial charge in [-0.25, -0.2) is 17.9 Å². The number of aryl methyl sites for hydroxylation is 1. The van der Waals surface area contributed by atoms with Gasteiger partial charge in [0, 0.05) is 24.2 Å². The summed E-state index contributed by atoms with van der Waals surface area (Å²) < 4.78 is 23.7. The van der Waals surface area contributed by atoms with Crippen molar-refractivity contribution in [2.24, 2.45) is 0 Å². The van der Waals surface area contributed by atoms with Crippen molar-refractivity contribution in [1.82, 2.24) is 20.0 Å². The van der Waals surface area contributed by atoms with Crippen LogP contribution in [-0.2, 0) is 16.4 Å². The summed E-state index contributed by atoms with van der Waals surface area (Å²) >= 11 is 0. The molecule has 106 valence electrons. The molecule has 0 aliphatic heterocycles. The summed E-state index contributed by atoms with van der Waals surface area (Å²) in [7, 11) is -3.18. The minimum absolute atomic E-state index is 0.0311. The minimum Gasteiger partial charge on any atom is -0.476 e. The SMILES string of the molecule is CS(=O)(=O)CCn1nnc(C(=O)O)c1-c1cccnc1. The molecule has 0 amide bonds. The lowest BCUT2D eigenvalue weighted by molar-refractivity contribution is 0.0691. The Bertz CT molecular complexity index is 724. The number of aromatic carboxylic acids is 1. The van der Waals surface area contributed by atoms with Gasteiger partial charge < -0.3 is 5.11 Å². The van der Waals surface area contributed by atoms with Crippen LogP contribution in [0, 0.1) is 0 Å². The molecule has 0 saturated heterocycles. The fourth-order valence-corrected chi connectivity index (χ4v) is 2.16. The van der Waals surface area contributed by atoms with E-state index in [0.717, 1.165) is 6.26 Å². The topological polar surface area (TPSA) is 115 Å². The van der Waals surface area contributed by atoms with E-state index in [1.54, 1.807) is 18.3 Å². The van der Waals surface area contributed by atoms with E-state index in [9.17, 15) is 13.2 Å². The molecular formula is C11H12N4O4S. The lowest BCUT2D eigenvalue weighted by atomic mass is 10.1. The Hall–Kier alpha value is -2.29. The molecule has 0 aliphatic rings. The van der Waals surface area contributed by atoms with Crippen molar-refractivity contribution >= 4 is 15.8 Å². The first kappa shape index (κ1) is 14.1. The number of carbonyl (C=O) groups is 1. The summed E-state index contributed by atoms with van der Waals surface area (Å²) in [5, 5.41) is 16.4. The average Bonchev–Trinajstić information content (AvgIpc) is 2.80. The van der Waals surface area contributed by atoms with Crippen LogP contribution in [0.2, 0.25) is 0 Å². The highest BCUT2D eigenvalue weighted by atomic mass is 32.2. The van der Waals surface area contributed by atoms with Crippen molar-refractivity contribution in [2.45, 2.75) is 6.54 Å². The molecule has 2 heterocycles. The van der Waals surface area contributed by atoms with Crippen molar-refractivity contribution in [3.8, 4) is 11.3 Å². The first-order valence-corrected chi connectivity index (χ1v) is 7.69. The Labute approximate surface area is 115 Å². The van der Waals surface area contributed by atoms with Gasteiger partial charge in [-0.15, -0.1) is 5.10 Å². The Balaban J connectivity index is 2.46. The predicted octanol–water partition coefficient (Wildman–Crippen LogP) is 0.0829. The number of pyridine rings is 1. The largest absolute Gasteiger partial charge is 0.476 e. The van der Waals surface area contributed by atoms with Crippen LogP contribution in [-0.4, -0.2) is 51.5 Å². The second kappa shape index (κ2) is 5.37. The monoisotopic (exact) mass is 296 g/mol. The first-order valence-electron chi connectivity index (χ1n) is 5.63. The smallest absolute Gasteiger partial charge is 0.358 e. The Morgan fingerprint density at radius 2 is 2.20 bits per heavy atom. The molecule has 0 aromatic carbocycles. The first-order chi connectivity index (χ1) is 9.38. The molecule has 0 spiro atoms. The van der Waals surface area contributed by atoms with Gasteiger partial charge in [-0.05, 0) is 12.1 Å². The van der Waals surface area contributed by atoms with Gasteiger partial charge in [0.25, 0.3) is 0 Å². The Morgan fingerprint density at radius 3 is 2.75 bits per heavy atom. The molecule has 1 N–H and O–H groups in total. The van der Waals surface area contributed by atoms with E-state index in [1.807, 2.05) is 0 Å². The fraction of sp³-hybridized carbons (Fsp3) is 0.273. The van der Waals surface area contributed by atoms with Crippen LogP contribution >= 0.6 is 0 Å². The predicted molar refractivity (Wildman–Crippen MR) is 69.9 cm³/mol. The molecule has 0 bridgehead atoms. The number of carboxylic acids is 1. The second-order valence-electron chi connectivity index (χ2n) is 4.19. The summed E-state index contributed by atoms with van der Waals surface area (Å²) in [5.74, 6) is -1.38. The number of rotatable bonds is 5. The third-order valence-electron chi connectivity index (χ3n) is 2.55. The molecule has 0 saturated carbocycles. The van der Waals surface area contributed by atoms with Crippen LogP contribution in [0.1, 0.15) is 10.5 Å². The zero-order chi connectivity index (χ0) is 14.8. The summed E-state index contributed by atoms with van der Waals surface area (Å²) in [6, 6.07) is 3.31. The number of carboxylic acid groups (broad SMARTS) is 1. The van der Waals surface area contributed by atoms with E-state index in [0.29, 0.717) is 5.56 Å². The lowest BCUT2D eigenvalue weighted by Gasteiger charge is -2.06. The van der Waals surface area contributed by atoms with Crippen LogP contribution in [0.4, 0.5) is 0 Å². The van der Waals surface area contributed by atoms with Crippen LogP contribution in [0.25, 0.3) is 11.3 Å². The van der Waals surface area contributed by atoms with Gasteiger partial charge in [0.2, 0.25) is 0 Å². The molecule has 0 fully saturated rings. The van der Waals surface area contributed by atoms with Gasteiger partial charge in [-0.3, -0.25) is 4.98 Å². The van der Waals surface area contributed by atoms with Crippen LogP contribution in [0.5, 0.6) is 0 Å². The van der Waals surface area contributed by atoms with Crippen molar-refractivity contribution < 1.29 is 18.3 Å². The van der Waals surface area contributed by atoms with Gasteiger partial charge >= 0.3 is 5.97 Å². The molecule has 0 aliphatic carbocycles. The van der Waals surface area contributed by atoms with Crippen molar-refractivity contribution in [3.05, 3.63) is 30.2 Å². The third-order valence-corrected chi connectivity index (χ3v) is 3.47. The Kier molecular flexibility index (Phi) is 3.79. The summed E-state index contributed by atoms with van der Waals surface area (Å²) in [6.07, 6.45) is 4.13. The summed E-state index contributed by atoms with van der Waals surface area (Å²) in [6.45, 7) is 0.0311. The lowest BCUT2D eigenvalue weighted by Crippen LogP contribution is -2.13. The number of hydrogen-bond acceptors (Lipinski definition) is 6. The molecule has 8 nitrogen and oxygen atoms in total. The van der Waals surface area contributed by atoms with Gasteiger partial charge in [-0.2, -0.15) is 0 Å². The quantitative estimate of drug-likeness (QED) is 0.830. The van der Waals surface area contributed by atoms with Crippen LogP contribution < -0.4 is 0 Å². The molecule has 9 heteroatoms. The molecule has 0 atom stereocenters. The van der Waals surface area contributed by atoms with Crippen molar-refractivity contribution in [1.29, 1.82) is 0 Å². The molecular weight excluding hydrogens is 284 g/mol. The highest BCUT2D eigenvalue weighted by molar-refractivity contribution is 7.90. The number of nitrogens with zero attached hydrogens (tertiary/aromatic N) is 4. The van der Waals surface area contributed by atoms with E-state index >= 15 is 0 Å². The fourth-order valence-electron chi connectivity index (χ4n) is 1.65. The van der Waals surface area contributed by atoms with Gasteiger partial charge in [0.05, 0.1) is 12.3 Å². The zero-order valence-electron chi connectivity index (χ0n) is 10.6. The van der Waals surface area contributed by atoms with E-state index in [2.05, 4.69) is 15.3 Å². The maximum absolute atomic E-state index is 11.2. The third kappa shape index (κ3) is 3.18. The summed E-state index contributed by atoms with van der Waals surface area (Å²) in [4.78, 5) is 15.1. The second-order valence-corrected chi connectivity index (χ2v) is 6.45. The van der Waals surface area contributed by atoms with Gasteiger partial charge in [0.1, 0.15) is 15.5 Å². The molecule has 2 aromatic rings. The van der Waals surface area contributed by atoms with Gasteiger partial charge in [-0.1, -0.05) is 5.21 Å². The molecule has 0 radical (unpaired) electrons. The number of sulfone groups is 1. The average molecular weight is 296 g/mol. The van der Waals surface area contributed by atoms with Crippen LogP contribution in [0.3, 0.4) is 0 Å². The van der Waals surface area contributed by atoms with Crippen molar-refractivity contribution in [2.75, 3.05) is 12.0 Å². The maximum atomic E-state index is 11.2. The summed E-state index contributed by atoms with van der Waals surface area (Å²) in [5.41, 5.74) is 0.532. The van der Waals surface area contributed by atoms with Crippen LogP contribution in [0.15, 0.2) is 24.5 Å². The van der Waals surface area contributed by atoms with E-state index in [4.69, 9.17) is 5.11 Å².